The molecule has 0 saturated carbocycles. The number of carbonyl (C=O) groups excluding carboxylic acids is 1. The van der Waals surface area contributed by atoms with E-state index in [1.165, 1.54) is 0 Å². The highest BCUT2D eigenvalue weighted by molar-refractivity contribution is 5.86. The predicted octanol–water partition coefficient (Wildman–Crippen LogP) is 0.872. The summed E-state index contributed by atoms with van der Waals surface area (Å²) in [4.78, 5) is 9.95. The van der Waals surface area contributed by atoms with Crippen LogP contribution < -0.4 is 11.3 Å². The average Bonchev–Trinajstić information content (AvgIpc) is 1.68. The molecule has 0 aliphatic heterocycles. The van der Waals surface area contributed by atoms with E-state index in [0.29, 0.717) is 6.61 Å². The molecule has 0 heterocycles. The molecule has 0 aliphatic rings. The Balaban J connectivity index is -0.0000000600. The van der Waals surface area contributed by atoms with Gasteiger partial charge < -0.3 is 4.74 Å². The maximum Gasteiger partial charge on any atom is 0.421 e. The molecule has 0 fully saturated rings. The van der Waals surface area contributed by atoms with Crippen LogP contribution in [0.4, 0.5) is 4.79 Å². The molecule has 0 saturated heterocycles. The highest BCUT2D eigenvalue weighted by Gasteiger charge is 1.89. The number of ether oxygens (including phenoxy) is 1. The maximum atomic E-state index is 9.95. The van der Waals surface area contributed by atoms with Crippen molar-refractivity contribution >= 4 is 43.3 Å². The Labute approximate surface area is 78.1 Å². The first kappa shape index (κ1) is 22.5. The van der Waals surface area contributed by atoms with Gasteiger partial charge in [0.2, 0.25) is 0 Å². The van der Waals surface area contributed by atoms with Gasteiger partial charge >= 0.3 is 6.09 Å². The summed E-state index contributed by atoms with van der Waals surface area (Å²) in [5, 5.41) is 0. The topological polar surface area (TPSA) is 64.3 Å². The first-order valence-electron chi connectivity index (χ1n) is 1.94. The molecular weight excluding hydrogens is 202 g/mol. The smallest absolute Gasteiger partial charge is 0.421 e. The molecule has 66 valence electrons. The van der Waals surface area contributed by atoms with Crippen LogP contribution in [0.15, 0.2) is 0 Å². The lowest BCUT2D eigenvalue weighted by Gasteiger charge is -1.95. The van der Waals surface area contributed by atoms with Gasteiger partial charge in [-0.3, -0.25) is 5.43 Å². The quantitative estimate of drug-likeness (QED) is 0.386. The van der Waals surface area contributed by atoms with E-state index >= 15 is 0 Å². The largest absolute Gasteiger partial charge is 0.449 e. The number of nitrogens with two attached hydrogens (primary N) is 1. The summed E-state index contributed by atoms with van der Waals surface area (Å²) in [6.07, 6.45) is -0.595. The monoisotopic (exact) mass is 212 g/mol. The van der Waals surface area contributed by atoms with E-state index in [1.54, 1.807) is 12.3 Å². The van der Waals surface area contributed by atoms with Crippen molar-refractivity contribution in [3.8, 4) is 0 Å². The van der Waals surface area contributed by atoms with E-state index in [0.717, 1.165) is 0 Å². The maximum absolute atomic E-state index is 9.95. The number of amides is 1. The lowest BCUT2D eigenvalue weighted by molar-refractivity contribution is 0.152. The van der Waals surface area contributed by atoms with Gasteiger partial charge in [0, 0.05) is 0 Å². The molecule has 0 unspecified atom stereocenters. The van der Waals surface area contributed by atoms with Crippen LogP contribution in [0.25, 0.3) is 0 Å². The Morgan fingerprint density at radius 3 is 2.00 bits per heavy atom. The fourth-order valence-corrected chi connectivity index (χ4v) is 0.173. The van der Waals surface area contributed by atoms with Gasteiger partial charge in [-0.15, -0.1) is 37.2 Å². The van der Waals surface area contributed by atoms with Gasteiger partial charge in [-0.25, -0.2) is 10.6 Å². The van der Waals surface area contributed by atoms with Crippen LogP contribution in [0.1, 0.15) is 6.92 Å². The molecule has 10 heavy (non-hydrogen) atoms. The van der Waals surface area contributed by atoms with E-state index in [1.807, 2.05) is 0 Å². The van der Waals surface area contributed by atoms with Crippen molar-refractivity contribution in [3.05, 3.63) is 0 Å². The third-order valence-corrected chi connectivity index (χ3v) is 0.393. The van der Waals surface area contributed by atoms with E-state index in [-0.39, 0.29) is 37.2 Å². The molecule has 0 aromatic carbocycles. The second kappa shape index (κ2) is 16.0. The minimum Gasteiger partial charge on any atom is -0.449 e. The Morgan fingerprint density at radius 1 is 1.50 bits per heavy atom. The van der Waals surface area contributed by atoms with Crippen molar-refractivity contribution in [2.45, 2.75) is 6.92 Å². The van der Waals surface area contributed by atoms with Gasteiger partial charge in [0.1, 0.15) is 0 Å². The Morgan fingerprint density at radius 2 is 1.90 bits per heavy atom. The summed E-state index contributed by atoms with van der Waals surface area (Å²) in [6.45, 7) is 2.05. The molecule has 1 amide bonds. The minimum absolute atomic E-state index is 0. The molecule has 0 radical (unpaired) electrons. The molecule has 3 N–H and O–H groups in total. The zero-order valence-electron chi connectivity index (χ0n) is 5.33. The predicted molar refractivity (Wildman–Crippen MR) is 46.1 cm³/mol. The fourth-order valence-electron chi connectivity index (χ4n) is 0.173. The van der Waals surface area contributed by atoms with Gasteiger partial charge in [-0.1, -0.05) is 0 Å². The lowest BCUT2D eigenvalue weighted by atomic mass is 10.9. The van der Waals surface area contributed by atoms with Crippen LogP contribution in [0.2, 0.25) is 0 Å². The van der Waals surface area contributed by atoms with Crippen molar-refractivity contribution in [2.75, 3.05) is 6.61 Å². The Bertz CT molecular complexity index is 72.8. The van der Waals surface area contributed by atoms with Crippen molar-refractivity contribution < 1.29 is 9.53 Å². The van der Waals surface area contributed by atoms with Gasteiger partial charge in [-0.2, -0.15) is 0 Å². The lowest BCUT2D eigenvalue weighted by Crippen LogP contribution is -2.30. The first-order valence-corrected chi connectivity index (χ1v) is 1.94. The molecule has 4 nitrogen and oxygen atoms in total. The number of halogens is 3. The van der Waals surface area contributed by atoms with Crippen LogP contribution in [-0.2, 0) is 4.74 Å². The number of hydrazine groups is 1. The zero-order valence-corrected chi connectivity index (χ0v) is 7.78. The summed E-state index contributed by atoms with van der Waals surface area (Å²) in [6, 6.07) is 0. The molecule has 0 atom stereocenters. The molecule has 0 aromatic rings. The number of rotatable bonds is 1. The fraction of sp³-hybridized carbons (Fsp3) is 0.667. The number of carbonyl (C=O) groups is 1. The third-order valence-electron chi connectivity index (χ3n) is 0.393. The van der Waals surface area contributed by atoms with Crippen molar-refractivity contribution in [1.29, 1.82) is 0 Å². The number of nitrogens with one attached hydrogen (secondary N) is 1. The summed E-state index contributed by atoms with van der Waals surface area (Å²) in [7, 11) is 0. The van der Waals surface area contributed by atoms with E-state index in [2.05, 4.69) is 10.6 Å². The molecule has 0 rings (SSSR count). The van der Waals surface area contributed by atoms with Crippen molar-refractivity contribution in [2.24, 2.45) is 5.84 Å². The average molecular weight is 213 g/mol. The zero-order chi connectivity index (χ0) is 5.70. The minimum atomic E-state index is -0.595. The van der Waals surface area contributed by atoms with Crippen LogP contribution >= 0.6 is 37.2 Å². The molecular formula is C3H11Cl3N2O2. The number of hydrogen-bond donors (Lipinski definition) is 2. The third kappa shape index (κ3) is 15.7. The van der Waals surface area contributed by atoms with Crippen LogP contribution in [0.3, 0.4) is 0 Å². The van der Waals surface area contributed by atoms with Crippen molar-refractivity contribution in [1.82, 2.24) is 5.43 Å². The number of hydrogen-bond acceptors (Lipinski definition) is 3. The van der Waals surface area contributed by atoms with Crippen LogP contribution in [0.5, 0.6) is 0 Å². The van der Waals surface area contributed by atoms with Crippen LogP contribution in [-0.4, -0.2) is 12.7 Å². The van der Waals surface area contributed by atoms with Crippen molar-refractivity contribution in [3.63, 3.8) is 0 Å². The standard InChI is InChI=1S/C3H8N2O2.3ClH/c1-2-7-3(6)5-4;;;/h2,4H2,1H3,(H,5,6);3*1H. The highest BCUT2D eigenvalue weighted by atomic mass is 35.5. The van der Waals surface area contributed by atoms with Crippen LogP contribution in [0, 0.1) is 0 Å². The summed E-state index contributed by atoms with van der Waals surface area (Å²) in [5.74, 6) is 4.63. The SMILES string of the molecule is CCOC(=O)NN.Cl.Cl.Cl. The molecule has 0 aromatic heterocycles. The Hall–Kier alpha value is 0.1000. The van der Waals surface area contributed by atoms with E-state index in [9.17, 15) is 4.79 Å². The van der Waals surface area contributed by atoms with E-state index in [4.69, 9.17) is 0 Å². The highest BCUT2D eigenvalue weighted by Crippen LogP contribution is 1.69. The van der Waals surface area contributed by atoms with E-state index < -0.39 is 6.09 Å². The molecule has 0 bridgehead atoms. The first-order chi connectivity index (χ1) is 3.31. The van der Waals surface area contributed by atoms with Gasteiger partial charge in [0.25, 0.3) is 0 Å². The molecule has 7 heteroatoms. The normalized spacial score (nSPS) is 5.40. The summed E-state index contributed by atoms with van der Waals surface area (Å²) >= 11 is 0. The second-order valence-corrected chi connectivity index (χ2v) is 0.865. The van der Waals surface area contributed by atoms with Gasteiger partial charge in [-0.05, 0) is 6.92 Å². The molecule has 0 aliphatic carbocycles. The summed E-state index contributed by atoms with van der Waals surface area (Å²) in [5.41, 5.74) is 1.80. The molecule has 0 spiro atoms. The second-order valence-electron chi connectivity index (χ2n) is 0.865. The summed E-state index contributed by atoms with van der Waals surface area (Å²) < 4.78 is 4.32. The Kier molecular flexibility index (Phi) is 36.1. The van der Waals surface area contributed by atoms with Gasteiger partial charge in [0.15, 0.2) is 0 Å². The van der Waals surface area contributed by atoms with Gasteiger partial charge in [0.05, 0.1) is 6.61 Å².